The Labute approximate surface area is 141 Å². The van der Waals surface area contributed by atoms with Crippen molar-refractivity contribution in [2.24, 2.45) is 0 Å². The van der Waals surface area contributed by atoms with Crippen LogP contribution in [-0.2, 0) is 0 Å². The van der Waals surface area contributed by atoms with Crippen LogP contribution in [0.3, 0.4) is 0 Å². The van der Waals surface area contributed by atoms with Crippen LogP contribution < -0.4 is 15.6 Å². The maximum Gasteiger partial charge on any atom is 0.374 e. The van der Waals surface area contributed by atoms with E-state index >= 15 is 0 Å². The number of hydrogen-bond donors (Lipinski definition) is 2. The van der Waals surface area contributed by atoms with Gasteiger partial charge in [0.2, 0.25) is 5.82 Å². The first-order chi connectivity index (χ1) is 10.8. The number of rotatable bonds is 5. The fourth-order valence-corrected chi connectivity index (χ4v) is 1.82. The van der Waals surface area contributed by atoms with Gasteiger partial charge in [-0.15, -0.1) is 0 Å². The molecule has 0 fully saturated rings. The molecule has 23 heavy (non-hydrogen) atoms. The molecule has 1 aromatic carbocycles. The van der Waals surface area contributed by atoms with Gasteiger partial charge in [0, 0.05) is 10.0 Å². The van der Waals surface area contributed by atoms with E-state index in [4.69, 9.17) is 4.74 Å². The van der Waals surface area contributed by atoms with Crippen LogP contribution in [0.4, 0.5) is 11.5 Å². The molecule has 0 saturated carbocycles. The van der Waals surface area contributed by atoms with Gasteiger partial charge in [0.05, 0.1) is 4.92 Å². The summed E-state index contributed by atoms with van der Waals surface area (Å²) in [6.07, 6.45) is 1.20. The van der Waals surface area contributed by atoms with Crippen molar-refractivity contribution in [3.05, 3.63) is 45.2 Å². The van der Waals surface area contributed by atoms with Crippen molar-refractivity contribution < 1.29 is 9.66 Å². The Hall–Kier alpha value is -2.26. The molecule has 0 bridgehead atoms. The summed E-state index contributed by atoms with van der Waals surface area (Å²) < 4.78 is 6.39. The van der Waals surface area contributed by atoms with Crippen molar-refractivity contribution in [2.75, 3.05) is 5.43 Å². The number of ether oxygens (including phenoxy) is 1. The molecule has 2 N–H and O–H groups in total. The van der Waals surface area contributed by atoms with E-state index in [0.29, 0.717) is 5.75 Å². The van der Waals surface area contributed by atoms with Crippen molar-refractivity contribution in [1.29, 1.82) is 0 Å². The molecular formula is C14H16BrN5O3. The number of anilines is 1. The molecule has 0 amide bonds. The molecule has 2 aromatic rings. The molecule has 0 unspecified atom stereocenters. The van der Waals surface area contributed by atoms with Gasteiger partial charge in [-0.25, -0.2) is 10.4 Å². The quantitative estimate of drug-likeness (QED) is 0.601. The Morgan fingerprint density at radius 3 is 2.43 bits per heavy atom. The molecule has 1 heterocycles. The molecule has 1 aromatic heterocycles. The second kappa shape index (κ2) is 6.88. The van der Waals surface area contributed by atoms with E-state index in [-0.39, 0.29) is 22.9 Å². The summed E-state index contributed by atoms with van der Waals surface area (Å²) in [7, 11) is 0. The second-order valence-electron chi connectivity index (χ2n) is 5.69. The summed E-state index contributed by atoms with van der Waals surface area (Å²) >= 11 is 3.31. The lowest BCUT2D eigenvalue weighted by Crippen LogP contribution is -2.40. The standard InChI is InChI=1S/C14H16BrN5O3/c1-14(2,3)19-18-12-11(20(21)22)13(17-8-16-12)23-10-6-4-9(15)5-7-10/h4-8,19H,1-3H3,(H,16,17,18). The van der Waals surface area contributed by atoms with E-state index in [1.807, 2.05) is 20.8 Å². The van der Waals surface area contributed by atoms with Gasteiger partial charge in [0.25, 0.3) is 0 Å². The van der Waals surface area contributed by atoms with Gasteiger partial charge in [0.1, 0.15) is 12.1 Å². The fourth-order valence-electron chi connectivity index (χ4n) is 1.55. The van der Waals surface area contributed by atoms with Crippen molar-refractivity contribution in [3.8, 4) is 11.6 Å². The largest absolute Gasteiger partial charge is 0.434 e. The first-order valence-corrected chi connectivity index (χ1v) is 7.51. The van der Waals surface area contributed by atoms with Crippen LogP contribution in [0.5, 0.6) is 11.6 Å². The highest BCUT2D eigenvalue weighted by Gasteiger charge is 2.26. The molecule has 2 rings (SSSR count). The lowest BCUT2D eigenvalue weighted by molar-refractivity contribution is -0.385. The molecule has 0 spiro atoms. The van der Waals surface area contributed by atoms with Crippen molar-refractivity contribution >= 4 is 27.4 Å². The van der Waals surface area contributed by atoms with Crippen LogP contribution >= 0.6 is 15.9 Å². The highest BCUT2D eigenvalue weighted by molar-refractivity contribution is 9.10. The molecule has 8 nitrogen and oxygen atoms in total. The van der Waals surface area contributed by atoms with E-state index < -0.39 is 4.92 Å². The van der Waals surface area contributed by atoms with Gasteiger partial charge in [-0.2, -0.15) is 4.98 Å². The van der Waals surface area contributed by atoms with Gasteiger partial charge in [-0.3, -0.25) is 15.5 Å². The highest BCUT2D eigenvalue weighted by Crippen LogP contribution is 2.34. The maximum atomic E-state index is 11.4. The van der Waals surface area contributed by atoms with E-state index in [2.05, 4.69) is 36.7 Å². The van der Waals surface area contributed by atoms with E-state index in [9.17, 15) is 10.1 Å². The number of nitro groups is 1. The van der Waals surface area contributed by atoms with Crippen molar-refractivity contribution in [1.82, 2.24) is 15.4 Å². The molecule has 0 saturated heterocycles. The number of aromatic nitrogens is 2. The molecular weight excluding hydrogens is 366 g/mol. The van der Waals surface area contributed by atoms with Crippen LogP contribution in [-0.4, -0.2) is 20.4 Å². The van der Waals surface area contributed by atoms with Gasteiger partial charge in [-0.05, 0) is 45.0 Å². The summed E-state index contributed by atoms with van der Waals surface area (Å²) in [6, 6.07) is 6.89. The number of nitrogens with one attached hydrogen (secondary N) is 2. The number of nitrogens with zero attached hydrogens (tertiary/aromatic N) is 3. The Morgan fingerprint density at radius 1 is 1.22 bits per heavy atom. The summed E-state index contributed by atoms with van der Waals surface area (Å²) in [5.41, 5.74) is 5.02. The predicted octanol–water partition coefficient (Wildman–Crippen LogP) is 3.65. The Bertz CT molecular complexity index is 701. The zero-order valence-corrected chi connectivity index (χ0v) is 14.4. The predicted molar refractivity (Wildman–Crippen MR) is 89.4 cm³/mol. The Morgan fingerprint density at radius 2 is 1.87 bits per heavy atom. The minimum atomic E-state index is -0.582. The fraction of sp³-hybridized carbons (Fsp3) is 0.286. The second-order valence-corrected chi connectivity index (χ2v) is 6.60. The van der Waals surface area contributed by atoms with Crippen molar-refractivity contribution in [2.45, 2.75) is 26.3 Å². The third-order valence-corrected chi connectivity index (χ3v) is 3.08. The third kappa shape index (κ3) is 4.86. The summed E-state index contributed by atoms with van der Waals surface area (Å²) in [5.74, 6) is 0.335. The lowest BCUT2D eigenvalue weighted by Gasteiger charge is -2.21. The van der Waals surface area contributed by atoms with Gasteiger partial charge in [0.15, 0.2) is 0 Å². The monoisotopic (exact) mass is 381 g/mol. The normalized spacial score (nSPS) is 11.1. The van der Waals surface area contributed by atoms with Crippen LogP contribution in [0, 0.1) is 10.1 Å². The number of halogens is 1. The number of hydrogen-bond acceptors (Lipinski definition) is 7. The van der Waals surface area contributed by atoms with Crippen LogP contribution in [0.15, 0.2) is 35.1 Å². The molecule has 0 atom stereocenters. The average Bonchev–Trinajstić information content (AvgIpc) is 2.46. The van der Waals surface area contributed by atoms with E-state index in [0.717, 1.165) is 4.47 Å². The number of hydrazine groups is 1. The zero-order chi connectivity index (χ0) is 17.0. The summed E-state index contributed by atoms with van der Waals surface area (Å²) in [6.45, 7) is 5.73. The van der Waals surface area contributed by atoms with Gasteiger partial charge < -0.3 is 4.74 Å². The minimum Gasteiger partial charge on any atom is -0.434 e. The highest BCUT2D eigenvalue weighted by atomic mass is 79.9. The van der Waals surface area contributed by atoms with Crippen LogP contribution in [0.1, 0.15) is 20.8 Å². The van der Waals surface area contributed by atoms with E-state index in [1.165, 1.54) is 6.33 Å². The topological polar surface area (TPSA) is 102 Å². The minimum absolute atomic E-state index is 0.0343. The molecule has 0 radical (unpaired) electrons. The van der Waals surface area contributed by atoms with Crippen molar-refractivity contribution in [3.63, 3.8) is 0 Å². The molecule has 9 heteroatoms. The summed E-state index contributed by atoms with van der Waals surface area (Å²) in [5, 5.41) is 11.4. The molecule has 0 aliphatic heterocycles. The molecule has 0 aliphatic carbocycles. The zero-order valence-electron chi connectivity index (χ0n) is 12.8. The van der Waals surface area contributed by atoms with Gasteiger partial charge >= 0.3 is 11.6 Å². The SMILES string of the molecule is CC(C)(C)NNc1ncnc(Oc2ccc(Br)cc2)c1[N+](=O)[O-]. The van der Waals surface area contributed by atoms with Gasteiger partial charge in [-0.1, -0.05) is 15.9 Å². The van der Waals surface area contributed by atoms with Crippen LogP contribution in [0.25, 0.3) is 0 Å². The Kier molecular flexibility index (Phi) is 5.12. The lowest BCUT2D eigenvalue weighted by atomic mass is 10.1. The first kappa shape index (κ1) is 17.1. The smallest absolute Gasteiger partial charge is 0.374 e. The molecule has 0 aliphatic rings. The van der Waals surface area contributed by atoms with Crippen LogP contribution in [0.2, 0.25) is 0 Å². The third-order valence-electron chi connectivity index (χ3n) is 2.56. The van der Waals surface area contributed by atoms with E-state index in [1.54, 1.807) is 24.3 Å². The summed E-state index contributed by atoms with van der Waals surface area (Å²) in [4.78, 5) is 18.6. The molecule has 122 valence electrons. The maximum absolute atomic E-state index is 11.4. The average molecular weight is 382 g/mol. The number of benzene rings is 1. The first-order valence-electron chi connectivity index (χ1n) is 6.72. The Balaban J connectivity index is 2.32.